The quantitative estimate of drug-likeness (QED) is 0.343. The van der Waals surface area contributed by atoms with Crippen LogP contribution in [0.1, 0.15) is 34.5 Å². The minimum atomic E-state index is -0.283. The van der Waals surface area contributed by atoms with Gasteiger partial charge in [0.1, 0.15) is 12.4 Å². The van der Waals surface area contributed by atoms with E-state index in [4.69, 9.17) is 17.0 Å². The molecule has 0 saturated carbocycles. The van der Waals surface area contributed by atoms with Crippen LogP contribution in [0, 0.1) is 0 Å². The maximum atomic E-state index is 12.5. The highest BCUT2D eigenvalue weighted by Crippen LogP contribution is 2.24. The average Bonchev–Trinajstić information content (AvgIpc) is 2.77. The lowest BCUT2D eigenvalue weighted by atomic mass is 10.1. The van der Waals surface area contributed by atoms with Gasteiger partial charge in [-0.25, -0.2) is 0 Å². The molecule has 3 rings (SSSR count). The Balaban J connectivity index is 1.51. The first-order valence-electron chi connectivity index (χ1n) is 9.41. The van der Waals surface area contributed by atoms with Crippen LogP contribution in [0.3, 0.4) is 0 Å². The predicted molar refractivity (Wildman–Crippen MR) is 126 cm³/mol. The highest BCUT2D eigenvalue weighted by atomic mass is 79.9. The van der Waals surface area contributed by atoms with E-state index in [1.165, 1.54) is 0 Å². The second kappa shape index (κ2) is 10.8. The van der Waals surface area contributed by atoms with E-state index in [1.54, 1.807) is 12.1 Å². The van der Waals surface area contributed by atoms with Gasteiger partial charge in [-0.1, -0.05) is 54.6 Å². The molecule has 0 fully saturated rings. The van der Waals surface area contributed by atoms with E-state index >= 15 is 0 Å². The summed E-state index contributed by atoms with van der Waals surface area (Å²) in [5, 5.41) is 3.48. The van der Waals surface area contributed by atoms with Crippen molar-refractivity contribution in [1.82, 2.24) is 16.2 Å². The van der Waals surface area contributed by atoms with E-state index < -0.39 is 0 Å². The van der Waals surface area contributed by atoms with Gasteiger partial charge < -0.3 is 10.1 Å². The minimum absolute atomic E-state index is 0.0147. The van der Waals surface area contributed by atoms with Crippen LogP contribution in [0.25, 0.3) is 0 Å². The van der Waals surface area contributed by atoms with Gasteiger partial charge in [0.15, 0.2) is 5.11 Å². The fourth-order valence-corrected chi connectivity index (χ4v) is 3.40. The number of hydrazine groups is 1. The van der Waals surface area contributed by atoms with Gasteiger partial charge in [-0.05, 0) is 70.5 Å². The van der Waals surface area contributed by atoms with Gasteiger partial charge in [0.2, 0.25) is 0 Å². The summed E-state index contributed by atoms with van der Waals surface area (Å²) in [5.74, 6) is 0.465. The van der Waals surface area contributed by atoms with Gasteiger partial charge in [0.05, 0.1) is 10.5 Å². The van der Waals surface area contributed by atoms with Crippen molar-refractivity contribution in [1.29, 1.82) is 0 Å². The van der Waals surface area contributed by atoms with Gasteiger partial charge in [-0.3, -0.25) is 15.6 Å². The third-order valence-electron chi connectivity index (χ3n) is 4.36. The van der Waals surface area contributed by atoms with Gasteiger partial charge in [-0.2, -0.15) is 0 Å². The van der Waals surface area contributed by atoms with Crippen LogP contribution in [0.15, 0.2) is 83.3 Å². The van der Waals surface area contributed by atoms with Crippen molar-refractivity contribution >= 4 is 39.2 Å². The van der Waals surface area contributed by atoms with Gasteiger partial charge in [0, 0.05) is 5.56 Å². The minimum Gasteiger partial charge on any atom is -0.488 e. The fourth-order valence-electron chi connectivity index (χ4n) is 2.77. The van der Waals surface area contributed by atoms with Gasteiger partial charge in [-0.15, -0.1) is 0 Å². The Bertz CT molecular complexity index is 1010. The molecule has 0 heterocycles. The molecule has 0 aliphatic rings. The second-order valence-corrected chi connectivity index (χ2v) is 7.87. The Morgan fingerprint density at radius 1 is 1.00 bits per heavy atom. The van der Waals surface area contributed by atoms with Crippen molar-refractivity contribution in [2.45, 2.75) is 19.6 Å². The lowest BCUT2D eigenvalue weighted by Gasteiger charge is -2.17. The molecule has 0 radical (unpaired) electrons. The zero-order valence-corrected chi connectivity index (χ0v) is 18.8. The number of ether oxygens (including phenoxy) is 1. The summed E-state index contributed by atoms with van der Waals surface area (Å²) in [4.78, 5) is 12.5. The summed E-state index contributed by atoms with van der Waals surface area (Å²) in [6.45, 7) is 2.35. The molecule has 3 N–H and O–H groups in total. The first-order chi connectivity index (χ1) is 14.5. The number of hydrogen-bond acceptors (Lipinski definition) is 3. The number of rotatable bonds is 6. The largest absolute Gasteiger partial charge is 0.488 e. The van der Waals surface area contributed by atoms with Crippen molar-refractivity contribution in [3.05, 3.63) is 100 Å². The average molecular weight is 484 g/mol. The van der Waals surface area contributed by atoms with Crippen molar-refractivity contribution in [3.63, 3.8) is 0 Å². The molecule has 3 aromatic rings. The molecule has 5 nitrogen and oxygen atoms in total. The van der Waals surface area contributed by atoms with Crippen LogP contribution in [0.5, 0.6) is 5.75 Å². The van der Waals surface area contributed by atoms with Crippen molar-refractivity contribution in [2.75, 3.05) is 0 Å². The number of thiocarbonyl (C=S) groups is 1. The van der Waals surface area contributed by atoms with E-state index in [-0.39, 0.29) is 11.9 Å². The lowest BCUT2D eigenvalue weighted by Crippen LogP contribution is -2.47. The molecule has 0 aromatic heterocycles. The maximum absolute atomic E-state index is 12.5. The third-order valence-corrected chi connectivity index (χ3v) is 5.23. The number of hydrogen-bond donors (Lipinski definition) is 3. The van der Waals surface area contributed by atoms with Crippen molar-refractivity contribution in [3.8, 4) is 5.75 Å². The molecule has 0 aliphatic heterocycles. The van der Waals surface area contributed by atoms with E-state index in [9.17, 15) is 4.79 Å². The Morgan fingerprint density at radius 3 is 2.50 bits per heavy atom. The Kier molecular flexibility index (Phi) is 7.82. The topological polar surface area (TPSA) is 62.4 Å². The van der Waals surface area contributed by atoms with Gasteiger partial charge >= 0.3 is 0 Å². The summed E-state index contributed by atoms with van der Waals surface area (Å²) < 4.78 is 6.70. The molecule has 3 aromatic carbocycles. The number of carbonyl (C=O) groups excluding carboxylic acids is 1. The Hall–Kier alpha value is -2.90. The second-order valence-electron chi connectivity index (χ2n) is 6.60. The maximum Gasteiger partial charge on any atom is 0.269 e. The first-order valence-corrected chi connectivity index (χ1v) is 10.6. The van der Waals surface area contributed by atoms with Crippen LogP contribution in [-0.4, -0.2) is 11.0 Å². The van der Waals surface area contributed by atoms with Crippen molar-refractivity contribution < 1.29 is 9.53 Å². The van der Waals surface area contributed by atoms with Crippen LogP contribution in [-0.2, 0) is 6.61 Å². The van der Waals surface area contributed by atoms with Crippen LogP contribution in [0.4, 0.5) is 0 Å². The fraction of sp³-hybridized carbons (Fsp3) is 0.130. The zero-order chi connectivity index (χ0) is 21.3. The molecule has 1 amide bonds. The Morgan fingerprint density at radius 2 is 1.73 bits per heavy atom. The van der Waals surface area contributed by atoms with Crippen LogP contribution < -0.4 is 20.9 Å². The van der Waals surface area contributed by atoms with E-state index in [0.717, 1.165) is 21.3 Å². The number of benzene rings is 3. The SMILES string of the molecule is CC(NC(=S)NNC(=O)c1cccc(COc2ccccc2Br)c1)c1ccccc1. The Labute approximate surface area is 189 Å². The number of amides is 1. The molecule has 0 spiro atoms. The third kappa shape index (κ3) is 6.30. The molecule has 1 atom stereocenters. The first kappa shape index (κ1) is 21.8. The number of carbonyl (C=O) groups is 1. The highest BCUT2D eigenvalue weighted by Gasteiger charge is 2.10. The zero-order valence-electron chi connectivity index (χ0n) is 16.4. The highest BCUT2D eigenvalue weighted by molar-refractivity contribution is 9.10. The molecule has 0 saturated heterocycles. The number of nitrogens with one attached hydrogen (secondary N) is 3. The van der Waals surface area contributed by atoms with Gasteiger partial charge in [0.25, 0.3) is 5.91 Å². The number of halogens is 1. The van der Waals surface area contributed by atoms with Crippen molar-refractivity contribution in [2.24, 2.45) is 0 Å². The molecule has 1 unspecified atom stereocenters. The smallest absolute Gasteiger partial charge is 0.269 e. The molecular formula is C23H22BrN3O2S. The summed E-state index contributed by atoms with van der Waals surface area (Å²) in [5.41, 5.74) is 7.87. The van der Waals surface area contributed by atoms with E-state index in [0.29, 0.717) is 17.3 Å². The molecule has 154 valence electrons. The summed E-state index contributed by atoms with van der Waals surface area (Å²) in [7, 11) is 0. The summed E-state index contributed by atoms with van der Waals surface area (Å²) in [6, 6.07) is 24.8. The predicted octanol–water partition coefficient (Wildman–Crippen LogP) is 4.90. The monoisotopic (exact) mass is 483 g/mol. The molecule has 0 aliphatic carbocycles. The molecule has 7 heteroatoms. The standard InChI is InChI=1S/C23H22BrN3O2S/c1-16(18-9-3-2-4-10-18)25-23(30)27-26-22(28)19-11-7-8-17(14-19)15-29-21-13-6-5-12-20(21)24/h2-14,16H,15H2,1H3,(H,26,28)(H2,25,27,30). The van der Waals surface area contributed by atoms with Crippen LogP contribution >= 0.6 is 28.1 Å². The normalized spacial score (nSPS) is 11.3. The molecular weight excluding hydrogens is 462 g/mol. The summed E-state index contributed by atoms with van der Waals surface area (Å²) in [6.07, 6.45) is 0. The molecule has 0 bridgehead atoms. The van der Waals surface area contributed by atoms with E-state index in [2.05, 4.69) is 32.1 Å². The van der Waals surface area contributed by atoms with Crippen LogP contribution in [0.2, 0.25) is 0 Å². The lowest BCUT2D eigenvalue weighted by molar-refractivity contribution is 0.0943. The molecule has 30 heavy (non-hydrogen) atoms. The number of para-hydroxylation sites is 1. The summed E-state index contributed by atoms with van der Waals surface area (Å²) >= 11 is 8.73. The van der Waals surface area contributed by atoms with E-state index in [1.807, 2.05) is 73.7 Å².